The Morgan fingerprint density at radius 1 is 1.35 bits per heavy atom. The van der Waals surface area contributed by atoms with Crippen molar-refractivity contribution in [2.75, 3.05) is 6.61 Å². The molecule has 5 nitrogen and oxygen atoms in total. The number of hydrogen-bond donors (Lipinski definition) is 0. The van der Waals surface area contributed by atoms with Crippen LogP contribution >= 0.6 is 0 Å². The molecular formula is C10H6F2O5. The number of carbonyl (C=O) groups excluding carboxylic acids is 2. The molecule has 17 heavy (non-hydrogen) atoms. The number of rotatable bonds is 2. The van der Waals surface area contributed by atoms with Crippen LogP contribution in [-0.4, -0.2) is 24.8 Å². The molecule has 1 fully saturated rings. The Morgan fingerprint density at radius 3 is 2.53 bits per heavy atom. The molecule has 0 amide bonds. The summed E-state index contributed by atoms with van der Waals surface area (Å²) in [5, 5.41) is 0. The minimum atomic E-state index is -1.30. The lowest BCUT2D eigenvalue weighted by Gasteiger charge is -2.08. The van der Waals surface area contributed by atoms with Crippen molar-refractivity contribution >= 4 is 12.1 Å². The molecule has 0 aliphatic carbocycles. The van der Waals surface area contributed by atoms with Crippen molar-refractivity contribution in [2.45, 2.75) is 6.10 Å². The molecule has 1 saturated heterocycles. The zero-order valence-corrected chi connectivity index (χ0v) is 8.31. The third-order valence-corrected chi connectivity index (χ3v) is 1.98. The predicted molar refractivity (Wildman–Crippen MR) is 48.2 cm³/mol. The maximum absolute atomic E-state index is 13.1. The van der Waals surface area contributed by atoms with Crippen LogP contribution in [0.2, 0.25) is 0 Å². The van der Waals surface area contributed by atoms with E-state index in [1.54, 1.807) is 0 Å². The smallest absolute Gasteiger partial charge is 0.430 e. The molecule has 1 unspecified atom stereocenters. The van der Waals surface area contributed by atoms with Gasteiger partial charge in [0.1, 0.15) is 6.61 Å². The van der Waals surface area contributed by atoms with Gasteiger partial charge in [-0.15, -0.1) is 0 Å². The molecule has 0 aromatic heterocycles. The highest BCUT2D eigenvalue weighted by Crippen LogP contribution is 2.22. The fourth-order valence-electron chi connectivity index (χ4n) is 1.19. The Bertz CT molecular complexity index is 454. The predicted octanol–water partition coefficient (Wildman–Crippen LogP) is 1.41. The minimum Gasteiger partial charge on any atom is -0.430 e. The van der Waals surface area contributed by atoms with Gasteiger partial charge >= 0.3 is 12.1 Å². The van der Waals surface area contributed by atoms with Crippen LogP contribution in [0.4, 0.5) is 13.6 Å². The number of halogens is 2. The van der Waals surface area contributed by atoms with Crippen LogP contribution in [0.1, 0.15) is 0 Å². The molecule has 1 aromatic carbocycles. The monoisotopic (exact) mass is 244 g/mol. The Hall–Kier alpha value is -2.18. The number of para-hydroxylation sites is 1. The summed E-state index contributed by atoms with van der Waals surface area (Å²) in [6.07, 6.45) is -2.33. The van der Waals surface area contributed by atoms with Crippen LogP contribution in [0, 0.1) is 11.6 Å². The molecule has 0 bridgehead atoms. The summed E-state index contributed by atoms with van der Waals surface area (Å²) in [4.78, 5) is 21.9. The molecule has 90 valence electrons. The van der Waals surface area contributed by atoms with Gasteiger partial charge in [0.25, 0.3) is 0 Å². The maximum atomic E-state index is 13.1. The molecule has 2 rings (SSSR count). The second-order valence-electron chi connectivity index (χ2n) is 3.14. The lowest BCUT2D eigenvalue weighted by molar-refractivity contribution is -0.142. The number of esters is 1. The average molecular weight is 244 g/mol. The first-order valence-electron chi connectivity index (χ1n) is 4.57. The zero-order valence-electron chi connectivity index (χ0n) is 8.31. The number of hydrogen-bond acceptors (Lipinski definition) is 5. The van der Waals surface area contributed by atoms with Crippen molar-refractivity contribution in [1.29, 1.82) is 0 Å². The molecule has 0 saturated carbocycles. The maximum Gasteiger partial charge on any atom is 0.509 e. The highest BCUT2D eigenvalue weighted by atomic mass is 19.1. The SMILES string of the molecule is O=C1OCC(C(=O)Oc2c(F)cccc2F)O1. The first-order chi connectivity index (χ1) is 8.08. The van der Waals surface area contributed by atoms with E-state index in [0.717, 1.165) is 18.2 Å². The van der Waals surface area contributed by atoms with Crippen molar-refractivity contribution in [2.24, 2.45) is 0 Å². The van der Waals surface area contributed by atoms with Gasteiger partial charge in [-0.1, -0.05) is 6.07 Å². The summed E-state index contributed by atoms with van der Waals surface area (Å²) in [6.45, 7) is -0.340. The molecule has 7 heteroatoms. The third-order valence-electron chi connectivity index (χ3n) is 1.98. The van der Waals surface area contributed by atoms with Gasteiger partial charge in [-0.05, 0) is 12.1 Å². The van der Waals surface area contributed by atoms with Crippen molar-refractivity contribution < 1.29 is 32.6 Å². The highest BCUT2D eigenvalue weighted by Gasteiger charge is 2.34. The number of ether oxygens (including phenoxy) is 3. The fraction of sp³-hybridized carbons (Fsp3) is 0.200. The molecule has 1 atom stereocenters. The first kappa shape index (κ1) is 11.3. The molecule has 1 heterocycles. The summed E-state index contributed by atoms with van der Waals surface area (Å²) < 4.78 is 39.4. The van der Waals surface area contributed by atoms with Crippen LogP contribution in [0.3, 0.4) is 0 Å². The third kappa shape index (κ3) is 2.32. The van der Waals surface area contributed by atoms with Gasteiger partial charge < -0.3 is 14.2 Å². The Labute approximate surface area is 93.9 Å². The van der Waals surface area contributed by atoms with Crippen LogP contribution in [0.15, 0.2) is 18.2 Å². The summed E-state index contributed by atoms with van der Waals surface area (Å²) >= 11 is 0. The van der Waals surface area contributed by atoms with E-state index in [4.69, 9.17) is 0 Å². The standard InChI is InChI=1S/C10H6F2O5/c11-5-2-1-3-6(12)8(5)17-9(13)7-4-15-10(14)16-7/h1-3,7H,4H2. The van der Waals surface area contributed by atoms with E-state index in [9.17, 15) is 18.4 Å². The van der Waals surface area contributed by atoms with E-state index in [1.165, 1.54) is 0 Å². The summed E-state index contributed by atoms with van der Waals surface area (Å²) in [5.74, 6) is -3.98. The Kier molecular flexibility index (Phi) is 2.90. The lowest BCUT2D eigenvalue weighted by Crippen LogP contribution is -2.28. The first-order valence-corrected chi connectivity index (χ1v) is 4.57. The molecule has 1 aromatic rings. The molecule has 0 radical (unpaired) electrons. The summed E-state index contributed by atoms with van der Waals surface area (Å²) in [5.41, 5.74) is 0. The number of cyclic esters (lactones) is 2. The van der Waals surface area contributed by atoms with Crippen molar-refractivity contribution in [3.05, 3.63) is 29.8 Å². The fourth-order valence-corrected chi connectivity index (χ4v) is 1.19. The quantitative estimate of drug-likeness (QED) is 0.581. The van der Waals surface area contributed by atoms with E-state index in [1.807, 2.05) is 0 Å². The van der Waals surface area contributed by atoms with Crippen molar-refractivity contribution in [1.82, 2.24) is 0 Å². The van der Waals surface area contributed by atoms with E-state index < -0.39 is 35.6 Å². The molecule has 0 spiro atoms. The van der Waals surface area contributed by atoms with Crippen LogP contribution in [-0.2, 0) is 14.3 Å². The molecule has 1 aliphatic rings. The average Bonchev–Trinajstić information content (AvgIpc) is 2.70. The van der Waals surface area contributed by atoms with E-state index >= 15 is 0 Å². The van der Waals surface area contributed by atoms with Crippen molar-refractivity contribution in [3.63, 3.8) is 0 Å². The van der Waals surface area contributed by atoms with Crippen molar-refractivity contribution in [3.8, 4) is 5.75 Å². The minimum absolute atomic E-state index is 0.340. The van der Waals surface area contributed by atoms with Crippen LogP contribution in [0.5, 0.6) is 5.75 Å². The van der Waals surface area contributed by atoms with E-state index in [2.05, 4.69) is 14.2 Å². The van der Waals surface area contributed by atoms with Crippen LogP contribution in [0.25, 0.3) is 0 Å². The largest absolute Gasteiger partial charge is 0.509 e. The topological polar surface area (TPSA) is 61.8 Å². The van der Waals surface area contributed by atoms with Gasteiger partial charge in [-0.2, -0.15) is 0 Å². The summed E-state index contributed by atoms with van der Waals surface area (Å²) in [6, 6.07) is 2.99. The van der Waals surface area contributed by atoms with E-state index in [0.29, 0.717) is 0 Å². The Morgan fingerprint density at radius 2 is 2.00 bits per heavy atom. The van der Waals surface area contributed by atoms with Crippen LogP contribution < -0.4 is 4.74 Å². The number of benzene rings is 1. The molecule has 0 N–H and O–H groups in total. The van der Waals surface area contributed by atoms with E-state index in [-0.39, 0.29) is 6.61 Å². The lowest BCUT2D eigenvalue weighted by atomic mass is 10.3. The normalized spacial score (nSPS) is 18.5. The molecule has 1 aliphatic heterocycles. The van der Waals surface area contributed by atoms with Gasteiger partial charge in [-0.25, -0.2) is 18.4 Å². The molecular weight excluding hydrogens is 238 g/mol. The second-order valence-corrected chi connectivity index (χ2v) is 3.14. The zero-order chi connectivity index (χ0) is 12.4. The van der Waals surface area contributed by atoms with Gasteiger partial charge in [0.05, 0.1) is 0 Å². The number of carbonyl (C=O) groups is 2. The Balaban J connectivity index is 2.11. The van der Waals surface area contributed by atoms with Gasteiger partial charge in [0, 0.05) is 0 Å². The second kappa shape index (κ2) is 4.36. The van der Waals surface area contributed by atoms with Gasteiger partial charge in [0.15, 0.2) is 11.6 Å². The summed E-state index contributed by atoms with van der Waals surface area (Å²) in [7, 11) is 0. The van der Waals surface area contributed by atoms with Gasteiger partial charge in [-0.3, -0.25) is 0 Å². The van der Waals surface area contributed by atoms with Gasteiger partial charge in [0.2, 0.25) is 11.9 Å². The highest BCUT2D eigenvalue weighted by molar-refractivity contribution is 5.81.